The van der Waals surface area contributed by atoms with E-state index in [0.29, 0.717) is 0 Å². The minimum Gasteiger partial charge on any atom is -0.478 e. The molecule has 19 heavy (non-hydrogen) atoms. The zero-order valence-corrected chi connectivity index (χ0v) is 10.2. The van der Waals surface area contributed by atoms with E-state index in [-0.39, 0.29) is 11.1 Å². The summed E-state index contributed by atoms with van der Waals surface area (Å²) in [5.41, 5.74) is -5.18. The molecule has 1 aromatic carbocycles. The summed E-state index contributed by atoms with van der Waals surface area (Å²) in [5.74, 6) is -1.44. The first-order chi connectivity index (χ1) is 8.56. The predicted octanol–water partition coefficient (Wildman–Crippen LogP) is 2.72. The van der Waals surface area contributed by atoms with Crippen molar-refractivity contribution in [3.63, 3.8) is 0 Å². The molecule has 1 atom stereocenters. The number of hydrogen-bond donors (Lipinski definition) is 2. The van der Waals surface area contributed by atoms with Crippen molar-refractivity contribution in [2.24, 2.45) is 0 Å². The van der Waals surface area contributed by atoms with Crippen LogP contribution in [-0.2, 0) is 5.60 Å². The number of aryl methyl sites for hydroxylation is 1. The molecule has 0 aromatic heterocycles. The largest absolute Gasteiger partial charge is 0.478 e. The summed E-state index contributed by atoms with van der Waals surface area (Å²) in [6, 6.07) is 2.23. The number of aromatic carboxylic acids is 1. The molecule has 106 valence electrons. The third-order valence-corrected chi connectivity index (χ3v) is 2.98. The molecule has 0 radical (unpaired) electrons. The molecule has 0 amide bonds. The molecule has 1 rings (SSSR count). The molecule has 3 nitrogen and oxygen atoms in total. The molecule has 0 aliphatic rings. The van der Waals surface area contributed by atoms with E-state index in [1.807, 2.05) is 0 Å². The number of carboxylic acids is 1. The van der Waals surface area contributed by atoms with Gasteiger partial charge in [0.25, 0.3) is 0 Å². The molecular weight excluding hydrogens is 268 g/mol. The van der Waals surface area contributed by atoms with Gasteiger partial charge >= 0.3 is 12.1 Å². The Balaban J connectivity index is 3.66. The van der Waals surface area contributed by atoms with Gasteiger partial charge in [0, 0.05) is 5.56 Å². The van der Waals surface area contributed by atoms with Crippen LogP contribution >= 0.6 is 0 Å². The van der Waals surface area contributed by atoms with Gasteiger partial charge in [0.1, 0.15) is 6.67 Å². The quantitative estimate of drug-likeness (QED) is 0.837. The van der Waals surface area contributed by atoms with Crippen LogP contribution in [0.5, 0.6) is 0 Å². The lowest BCUT2D eigenvalue weighted by Crippen LogP contribution is -2.45. The summed E-state index contributed by atoms with van der Waals surface area (Å²) in [5, 5.41) is 18.5. The van der Waals surface area contributed by atoms with Gasteiger partial charge < -0.3 is 10.2 Å². The molecule has 0 saturated heterocycles. The minimum absolute atomic E-state index is 0.0278. The van der Waals surface area contributed by atoms with Crippen LogP contribution in [0.1, 0.15) is 27.0 Å². The molecule has 1 aromatic rings. The van der Waals surface area contributed by atoms with Crippen LogP contribution in [0.15, 0.2) is 12.1 Å². The molecule has 0 spiro atoms. The smallest absolute Gasteiger partial charge is 0.424 e. The maximum atomic E-state index is 12.8. The second kappa shape index (κ2) is 4.80. The van der Waals surface area contributed by atoms with E-state index in [1.54, 1.807) is 0 Å². The van der Waals surface area contributed by atoms with Crippen LogP contribution in [0.25, 0.3) is 0 Å². The molecule has 2 N–H and O–H groups in total. The van der Waals surface area contributed by atoms with Gasteiger partial charge in [-0.15, -0.1) is 0 Å². The topological polar surface area (TPSA) is 57.5 Å². The van der Waals surface area contributed by atoms with Crippen molar-refractivity contribution in [1.82, 2.24) is 0 Å². The Morgan fingerprint density at radius 2 is 1.79 bits per heavy atom. The van der Waals surface area contributed by atoms with E-state index in [9.17, 15) is 27.5 Å². The highest BCUT2D eigenvalue weighted by atomic mass is 19.4. The Morgan fingerprint density at radius 3 is 2.16 bits per heavy atom. The predicted molar refractivity (Wildman–Crippen MR) is 58.8 cm³/mol. The minimum atomic E-state index is -5.24. The number of carbonyl (C=O) groups is 1. The molecule has 0 heterocycles. The van der Waals surface area contributed by atoms with Gasteiger partial charge in [0.15, 0.2) is 0 Å². The van der Waals surface area contributed by atoms with Gasteiger partial charge in [-0.25, -0.2) is 9.18 Å². The molecule has 1 unspecified atom stereocenters. The number of halogens is 4. The highest BCUT2D eigenvalue weighted by Gasteiger charge is 2.56. The van der Waals surface area contributed by atoms with Crippen LogP contribution < -0.4 is 0 Å². The average Bonchev–Trinajstić information content (AvgIpc) is 2.26. The van der Waals surface area contributed by atoms with Crippen molar-refractivity contribution in [3.8, 4) is 0 Å². The van der Waals surface area contributed by atoms with E-state index >= 15 is 0 Å². The van der Waals surface area contributed by atoms with Crippen molar-refractivity contribution in [2.75, 3.05) is 6.67 Å². The van der Waals surface area contributed by atoms with E-state index in [4.69, 9.17) is 5.11 Å². The zero-order chi connectivity index (χ0) is 15.0. The fraction of sp³-hybridized carbons (Fsp3) is 0.417. The van der Waals surface area contributed by atoms with Gasteiger partial charge in [0.2, 0.25) is 5.60 Å². The highest BCUT2D eigenvalue weighted by molar-refractivity contribution is 5.90. The second-order valence-corrected chi connectivity index (χ2v) is 4.23. The van der Waals surface area contributed by atoms with E-state index in [1.165, 1.54) is 6.92 Å². The molecule has 0 fully saturated rings. The molecule has 0 saturated carbocycles. The first-order valence-electron chi connectivity index (χ1n) is 5.25. The monoisotopic (exact) mass is 280 g/mol. The number of carboxylic acid groups (broad SMARTS) is 1. The third-order valence-electron chi connectivity index (χ3n) is 2.98. The van der Waals surface area contributed by atoms with Gasteiger partial charge in [-0.05, 0) is 31.0 Å². The summed E-state index contributed by atoms with van der Waals surface area (Å²) < 4.78 is 51.3. The Kier molecular flexibility index (Phi) is 3.90. The lowest BCUT2D eigenvalue weighted by atomic mass is 9.85. The van der Waals surface area contributed by atoms with Crippen molar-refractivity contribution < 1.29 is 32.6 Å². The highest BCUT2D eigenvalue weighted by Crippen LogP contribution is 2.42. The first kappa shape index (κ1) is 15.4. The fourth-order valence-electron chi connectivity index (χ4n) is 2.00. The van der Waals surface area contributed by atoms with Crippen molar-refractivity contribution >= 4 is 5.97 Å². The Bertz CT molecular complexity index is 510. The van der Waals surface area contributed by atoms with Crippen LogP contribution in [0.2, 0.25) is 0 Å². The Hall–Kier alpha value is -1.63. The van der Waals surface area contributed by atoms with Crippen molar-refractivity contribution in [2.45, 2.75) is 25.6 Å². The second-order valence-electron chi connectivity index (χ2n) is 4.23. The summed E-state index contributed by atoms with van der Waals surface area (Å²) in [7, 11) is 0. The molecular formula is C12H12F4O3. The number of hydrogen-bond acceptors (Lipinski definition) is 2. The van der Waals surface area contributed by atoms with E-state index in [0.717, 1.165) is 19.1 Å². The third kappa shape index (κ3) is 2.42. The zero-order valence-electron chi connectivity index (χ0n) is 10.2. The summed E-state index contributed by atoms with van der Waals surface area (Å²) >= 11 is 0. The Labute approximate surface area is 106 Å². The first-order valence-corrected chi connectivity index (χ1v) is 5.25. The Morgan fingerprint density at radius 1 is 1.26 bits per heavy atom. The van der Waals surface area contributed by atoms with Crippen molar-refractivity contribution in [1.29, 1.82) is 0 Å². The summed E-state index contributed by atoms with van der Waals surface area (Å²) in [4.78, 5) is 10.9. The lowest BCUT2D eigenvalue weighted by molar-refractivity contribution is -0.271. The SMILES string of the molecule is Cc1ccc(C(=O)O)c(C)c1C(O)(CF)C(F)(F)F. The van der Waals surface area contributed by atoms with Gasteiger partial charge in [-0.3, -0.25) is 0 Å². The number of aliphatic hydroxyl groups is 1. The maximum absolute atomic E-state index is 12.8. The van der Waals surface area contributed by atoms with Crippen LogP contribution in [0, 0.1) is 13.8 Å². The average molecular weight is 280 g/mol. The van der Waals surface area contributed by atoms with Gasteiger partial charge in [0.05, 0.1) is 5.56 Å². The van der Waals surface area contributed by atoms with Crippen molar-refractivity contribution in [3.05, 3.63) is 34.4 Å². The fourth-order valence-corrected chi connectivity index (χ4v) is 2.00. The number of rotatable bonds is 3. The number of alkyl halides is 4. The molecule has 0 aliphatic carbocycles. The molecule has 0 aliphatic heterocycles. The van der Waals surface area contributed by atoms with Gasteiger partial charge in [-0.1, -0.05) is 6.07 Å². The summed E-state index contributed by atoms with van der Waals surface area (Å²) in [6.07, 6.45) is -5.24. The molecule has 0 bridgehead atoms. The van der Waals surface area contributed by atoms with E-state index in [2.05, 4.69) is 0 Å². The van der Waals surface area contributed by atoms with Crippen LogP contribution in [0.4, 0.5) is 17.6 Å². The van der Waals surface area contributed by atoms with Gasteiger partial charge in [-0.2, -0.15) is 13.2 Å². The standard InChI is InChI=1S/C12H12F4O3/c1-6-3-4-8(10(17)18)7(2)9(6)11(19,5-13)12(14,15)16/h3-4,19H,5H2,1-2H3,(H,17,18). The normalized spacial score (nSPS) is 15.1. The lowest BCUT2D eigenvalue weighted by Gasteiger charge is -2.31. The van der Waals surface area contributed by atoms with Crippen LogP contribution in [0.3, 0.4) is 0 Å². The molecule has 7 heteroatoms. The number of benzene rings is 1. The van der Waals surface area contributed by atoms with E-state index < -0.39 is 35.5 Å². The summed E-state index contributed by atoms with van der Waals surface area (Å²) in [6.45, 7) is 0.278. The van der Waals surface area contributed by atoms with Crippen LogP contribution in [-0.4, -0.2) is 29.0 Å². The maximum Gasteiger partial charge on any atom is 0.424 e.